The molecule has 0 saturated heterocycles. The molecular formula is C17H29BrN2. The number of nitrogens with one attached hydrogen (secondary N) is 1. The Balaban J connectivity index is 2.67. The maximum Gasteiger partial charge on any atom is 0.0247 e. The van der Waals surface area contributed by atoms with Gasteiger partial charge in [0.15, 0.2) is 0 Å². The normalized spacial score (nSPS) is 12.9. The van der Waals surface area contributed by atoms with E-state index in [1.165, 1.54) is 28.4 Å². The molecule has 1 aromatic rings. The van der Waals surface area contributed by atoms with Gasteiger partial charge in [0.25, 0.3) is 0 Å². The van der Waals surface area contributed by atoms with Gasteiger partial charge in [-0.2, -0.15) is 0 Å². The summed E-state index contributed by atoms with van der Waals surface area (Å²) >= 11 is 3.73. The van der Waals surface area contributed by atoms with Crippen LogP contribution in [0.2, 0.25) is 0 Å². The molecule has 0 aliphatic heterocycles. The first-order valence-electron chi connectivity index (χ1n) is 7.84. The van der Waals surface area contributed by atoms with Gasteiger partial charge in [-0.3, -0.25) is 4.90 Å². The predicted octanol–water partition coefficient (Wildman–Crippen LogP) is 4.57. The largest absolute Gasteiger partial charge is 0.313 e. The fourth-order valence-electron chi connectivity index (χ4n) is 2.29. The van der Waals surface area contributed by atoms with E-state index in [1.807, 2.05) is 0 Å². The van der Waals surface area contributed by atoms with Gasteiger partial charge >= 0.3 is 0 Å². The zero-order valence-electron chi connectivity index (χ0n) is 13.4. The predicted molar refractivity (Wildman–Crippen MR) is 92.0 cm³/mol. The summed E-state index contributed by atoms with van der Waals surface area (Å²) < 4.78 is 1.23. The van der Waals surface area contributed by atoms with Gasteiger partial charge in [-0.25, -0.2) is 0 Å². The lowest BCUT2D eigenvalue weighted by Crippen LogP contribution is -2.31. The number of benzene rings is 1. The molecule has 1 N–H and O–H groups in total. The fourth-order valence-corrected chi connectivity index (χ4v) is 2.85. The monoisotopic (exact) mass is 340 g/mol. The van der Waals surface area contributed by atoms with Gasteiger partial charge in [-0.15, -0.1) is 0 Å². The van der Waals surface area contributed by atoms with Gasteiger partial charge in [0.2, 0.25) is 0 Å². The van der Waals surface area contributed by atoms with Crippen LogP contribution in [0.1, 0.15) is 51.7 Å². The molecule has 0 radical (unpaired) electrons. The molecule has 1 unspecified atom stereocenters. The molecule has 1 atom stereocenters. The van der Waals surface area contributed by atoms with Crippen LogP contribution in [0.5, 0.6) is 0 Å². The number of nitrogens with zero attached hydrogens (tertiary/aromatic N) is 1. The van der Waals surface area contributed by atoms with Gasteiger partial charge < -0.3 is 5.32 Å². The van der Waals surface area contributed by atoms with Crippen molar-refractivity contribution in [1.82, 2.24) is 10.2 Å². The second-order valence-electron chi connectivity index (χ2n) is 5.42. The minimum atomic E-state index is 0.637. The Labute approximate surface area is 133 Å². The summed E-state index contributed by atoms with van der Waals surface area (Å²) in [6.45, 7) is 13.2. The Kier molecular flexibility index (Phi) is 8.43. The molecule has 2 nitrogen and oxygen atoms in total. The van der Waals surface area contributed by atoms with E-state index < -0.39 is 0 Å². The van der Waals surface area contributed by atoms with Gasteiger partial charge in [0.1, 0.15) is 0 Å². The van der Waals surface area contributed by atoms with Crippen molar-refractivity contribution in [3.8, 4) is 0 Å². The fraction of sp³-hybridized carbons (Fsp3) is 0.647. The van der Waals surface area contributed by atoms with E-state index in [0.29, 0.717) is 6.04 Å². The summed E-state index contributed by atoms with van der Waals surface area (Å²) in [6, 6.07) is 7.39. The van der Waals surface area contributed by atoms with E-state index in [-0.39, 0.29) is 0 Å². The van der Waals surface area contributed by atoms with Crippen molar-refractivity contribution in [3.63, 3.8) is 0 Å². The third kappa shape index (κ3) is 5.55. The standard InChI is InChI=1S/C17H29BrN2/c1-5-10-19-12-15-8-9-16(17(18)11-15)13-20(7-3)14(4)6-2/h8-9,11,14,19H,5-7,10,12-13H2,1-4H3. The van der Waals surface area contributed by atoms with Crippen LogP contribution in [0.15, 0.2) is 22.7 Å². The Morgan fingerprint density at radius 3 is 2.55 bits per heavy atom. The zero-order chi connectivity index (χ0) is 15.0. The SMILES string of the molecule is CCCNCc1ccc(CN(CC)C(C)CC)c(Br)c1. The third-order valence-corrected chi connectivity index (χ3v) is 4.61. The van der Waals surface area contributed by atoms with Gasteiger partial charge in [-0.05, 0) is 50.0 Å². The number of halogens is 1. The van der Waals surface area contributed by atoms with E-state index in [9.17, 15) is 0 Å². The Hall–Kier alpha value is -0.380. The minimum absolute atomic E-state index is 0.637. The third-order valence-electron chi connectivity index (χ3n) is 3.87. The summed E-state index contributed by atoms with van der Waals surface area (Å²) in [5, 5.41) is 3.45. The topological polar surface area (TPSA) is 15.3 Å². The number of hydrogen-bond acceptors (Lipinski definition) is 2. The van der Waals surface area contributed by atoms with E-state index in [2.05, 4.69) is 72.0 Å². The van der Waals surface area contributed by atoms with Crippen LogP contribution in [0.3, 0.4) is 0 Å². The average molecular weight is 341 g/mol. The summed E-state index contributed by atoms with van der Waals surface area (Å²) in [6.07, 6.45) is 2.38. The molecule has 1 aromatic carbocycles. The molecule has 0 aliphatic rings. The highest BCUT2D eigenvalue weighted by Crippen LogP contribution is 2.21. The highest BCUT2D eigenvalue weighted by Gasteiger charge is 2.12. The maximum absolute atomic E-state index is 3.73. The first kappa shape index (κ1) is 17.7. The molecule has 0 heterocycles. The van der Waals surface area contributed by atoms with Crippen molar-refractivity contribution in [2.24, 2.45) is 0 Å². The molecule has 0 aliphatic carbocycles. The Morgan fingerprint density at radius 1 is 1.25 bits per heavy atom. The summed E-state index contributed by atoms with van der Waals surface area (Å²) in [5.74, 6) is 0. The van der Waals surface area contributed by atoms with E-state index in [1.54, 1.807) is 0 Å². The highest BCUT2D eigenvalue weighted by molar-refractivity contribution is 9.10. The minimum Gasteiger partial charge on any atom is -0.313 e. The Morgan fingerprint density at radius 2 is 2.00 bits per heavy atom. The summed E-state index contributed by atoms with van der Waals surface area (Å²) in [4.78, 5) is 2.52. The molecule has 3 heteroatoms. The van der Waals surface area contributed by atoms with E-state index >= 15 is 0 Å². The lowest BCUT2D eigenvalue weighted by atomic mass is 10.1. The first-order valence-corrected chi connectivity index (χ1v) is 8.63. The molecule has 0 amide bonds. The number of hydrogen-bond donors (Lipinski definition) is 1. The maximum atomic E-state index is 3.73. The number of rotatable bonds is 9. The Bertz CT molecular complexity index is 393. The lowest BCUT2D eigenvalue weighted by Gasteiger charge is -2.27. The average Bonchev–Trinajstić information content (AvgIpc) is 2.46. The van der Waals surface area contributed by atoms with Crippen molar-refractivity contribution in [3.05, 3.63) is 33.8 Å². The molecule has 20 heavy (non-hydrogen) atoms. The summed E-state index contributed by atoms with van der Waals surface area (Å²) in [7, 11) is 0. The molecule has 1 rings (SSSR count). The van der Waals surface area contributed by atoms with Crippen LogP contribution >= 0.6 is 15.9 Å². The van der Waals surface area contributed by atoms with Crippen LogP contribution in [0, 0.1) is 0 Å². The van der Waals surface area contributed by atoms with Crippen molar-refractivity contribution in [2.75, 3.05) is 13.1 Å². The van der Waals surface area contributed by atoms with Gasteiger partial charge in [0, 0.05) is 23.6 Å². The van der Waals surface area contributed by atoms with Crippen LogP contribution in [0.25, 0.3) is 0 Å². The van der Waals surface area contributed by atoms with E-state index in [4.69, 9.17) is 0 Å². The van der Waals surface area contributed by atoms with Crippen LogP contribution < -0.4 is 5.32 Å². The first-order chi connectivity index (χ1) is 9.62. The van der Waals surface area contributed by atoms with Crippen LogP contribution in [-0.4, -0.2) is 24.0 Å². The molecule has 0 saturated carbocycles. The molecule has 0 fully saturated rings. The van der Waals surface area contributed by atoms with Gasteiger partial charge in [0.05, 0.1) is 0 Å². The quantitative estimate of drug-likeness (QED) is 0.662. The van der Waals surface area contributed by atoms with Crippen LogP contribution in [-0.2, 0) is 13.1 Å². The van der Waals surface area contributed by atoms with Crippen molar-refractivity contribution >= 4 is 15.9 Å². The summed E-state index contributed by atoms with van der Waals surface area (Å²) in [5.41, 5.74) is 2.73. The molecular weight excluding hydrogens is 312 g/mol. The zero-order valence-corrected chi connectivity index (χ0v) is 15.0. The second kappa shape index (κ2) is 9.54. The molecule has 0 bridgehead atoms. The van der Waals surface area contributed by atoms with Crippen molar-refractivity contribution in [2.45, 2.75) is 59.7 Å². The molecule has 114 valence electrons. The second-order valence-corrected chi connectivity index (χ2v) is 6.28. The molecule has 0 spiro atoms. The van der Waals surface area contributed by atoms with Crippen molar-refractivity contribution in [1.29, 1.82) is 0 Å². The van der Waals surface area contributed by atoms with Crippen molar-refractivity contribution < 1.29 is 0 Å². The van der Waals surface area contributed by atoms with Gasteiger partial charge in [-0.1, -0.05) is 48.8 Å². The lowest BCUT2D eigenvalue weighted by molar-refractivity contribution is 0.205. The highest BCUT2D eigenvalue weighted by atomic mass is 79.9. The molecule has 0 aromatic heterocycles. The smallest absolute Gasteiger partial charge is 0.0247 e. The van der Waals surface area contributed by atoms with Crippen LogP contribution in [0.4, 0.5) is 0 Å². The van der Waals surface area contributed by atoms with E-state index in [0.717, 1.165) is 26.2 Å².